The molecule has 510 valence electrons. The van der Waals surface area contributed by atoms with Crippen LogP contribution in [0.5, 0.6) is 17.2 Å². The monoisotopic (exact) mass is 1290 g/mol. The first kappa shape index (κ1) is 75.4. The molecule has 2 aliphatic heterocycles. The van der Waals surface area contributed by atoms with Crippen LogP contribution in [0.25, 0.3) is 45.3 Å². The quantitative estimate of drug-likeness (QED) is 0.0267. The molecule has 1 saturated carbocycles. The molecule has 0 bridgehead atoms. The Morgan fingerprint density at radius 3 is 1.45 bits per heavy atom. The van der Waals surface area contributed by atoms with E-state index in [0.29, 0.717) is 79.5 Å². The Morgan fingerprint density at radius 1 is 0.596 bits per heavy atom. The van der Waals surface area contributed by atoms with Crippen molar-refractivity contribution in [2.75, 3.05) is 129 Å². The SMILES string of the molecule is C=C(C)c1cc(N(C)C2CCOCC2)nc(-c2cccc(OCC(O)CNC)c2)n1.CC.CC.CNCC(O)COc1cccc(-c2nc(C3=CCCC3)cc(N(C)CCC#N)n2)c1.CNCC(O)COc1cccc(-c2nc(C3CC3)cc(N(C)C3CCOCC3)n2)c1. The first-order valence-electron chi connectivity index (χ1n) is 33.6. The van der Waals surface area contributed by atoms with Crippen molar-refractivity contribution in [3.05, 3.63) is 121 Å². The van der Waals surface area contributed by atoms with Crippen molar-refractivity contribution in [1.29, 1.82) is 5.26 Å². The zero-order chi connectivity index (χ0) is 67.8. The van der Waals surface area contributed by atoms with Crippen LogP contribution < -0.4 is 44.9 Å². The molecule has 21 heteroatoms. The van der Waals surface area contributed by atoms with Gasteiger partial charge in [0.2, 0.25) is 0 Å². The topological polar surface area (TPSA) is 254 Å². The normalized spacial score (nSPS) is 15.4. The minimum atomic E-state index is -0.576. The lowest BCUT2D eigenvalue weighted by Crippen LogP contribution is -2.37. The van der Waals surface area contributed by atoms with Crippen LogP contribution in [0.4, 0.5) is 17.5 Å². The van der Waals surface area contributed by atoms with E-state index in [1.807, 2.05) is 139 Å². The number of rotatable bonds is 28. The first-order valence-corrected chi connectivity index (χ1v) is 33.6. The highest BCUT2D eigenvalue weighted by Crippen LogP contribution is 2.41. The van der Waals surface area contributed by atoms with Gasteiger partial charge in [-0.25, -0.2) is 29.9 Å². The number of hydrogen-bond acceptors (Lipinski definition) is 21. The molecule has 2 aliphatic carbocycles. The molecular formula is C73H105N13O8. The maximum absolute atomic E-state index is 9.90. The van der Waals surface area contributed by atoms with Gasteiger partial charge in [0.25, 0.3) is 0 Å². The lowest BCUT2D eigenvalue weighted by Gasteiger charge is -2.32. The van der Waals surface area contributed by atoms with Crippen molar-refractivity contribution >= 4 is 28.6 Å². The second kappa shape index (κ2) is 40.6. The van der Waals surface area contributed by atoms with Gasteiger partial charge in [0.15, 0.2) is 17.5 Å². The molecule has 4 aliphatic rings. The summed E-state index contributed by atoms with van der Waals surface area (Å²) in [6.45, 7) is 19.9. The minimum Gasteiger partial charge on any atom is -0.491 e. The molecule has 10 rings (SSSR count). The van der Waals surface area contributed by atoms with Crippen LogP contribution in [0.3, 0.4) is 0 Å². The van der Waals surface area contributed by atoms with E-state index in [1.165, 1.54) is 18.4 Å². The molecule has 3 aromatic carbocycles. The first-order chi connectivity index (χ1) is 45.7. The standard InChI is InChI=1S/C23H29N5O2.2C23H32N4O3.2C2H6/c1-25-15-19(29)16-30-20-10-5-9-18(13-20)23-26-21(17-7-3-4-8-17)14-22(27-23)28(2)12-6-11-24;1-24-14-19(28)15-30-20-5-3-4-17(12-20)23-25-21(16-6-7-16)13-22(26-23)27(2)18-8-10-29-11-9-18;1-16(2)21-13-22(27(4)18-8-10-29-11-9-18)26-23(25-21)17-6-5-7-20(12-17)30-15-19(28)14-24-3;2*1-2/h5,7,9-10,13-14,19,25,29H,3-4,6,8,12,15-16H2,1-2H3;3-5,12-13,16,18-19,24,28H,6-11,14-15H2,1-2H3;5-7,12-13,18-19,24,28H,1,8-11,14-15H2,2-4H3;2*1-2H3. The summed E-state index contributed by atoms with van der Waals surface area (Å²) in [7, 11) is 11.5. The summed E-state index contributed by atoms with van der Waals surface area (Å²) >= 11 is 0. The number of likely N-dealkylation sites (N-methyl/N-ethyl adjacent to an activating group) is 3. The number of nitriles is 1. The van der Waals surface area contributed by atoms with Gasteiger partial charge in [-0.2, -0.15) is 5.26 Å². The average molecular weight is 1290 g/mol. The van der Waals surface area contributed by atoms with E-state index in [1.54, 1.807) is 14.1 Å². The lowest BCUT2D eigenvalue weighted by molar-refractivity contribution is 0.0852. The Kier molecular flexibility index (Phi) is 32.5. The molecule has 6 aromatic rings. The zero-order valence-electron chi connectivity index (χ0n) is 57.6. The molecule has 3 fully saturated rings. The van der Waals surface area contributed by atoms with Gasteiger partial charge in [-0.1, -0.05) is 76.7 Å². The number of aliphatic hydroxyl groups excluding tert-OH is 3. The van der Waals surface area contributed by atoms with Gasteiger partial charge >= 0.3 is 0 Å². The molecule has 3 unspecified atom stereocenters. The van der Waals surface area contributed by atoms with Gasteiger partial charge in [0, 0.05) is 132 Å². The fourth-order valence-corrected chi connectivity index (χ4v) is 10.6. The Bertz CT molecular complexity index is 3300. The van der Waals surface area contributed by atoms with Crippen molar-refractivity contribution in [3.63, 3.8) is 0 Å². The number of nitrogens with one attached hydrogen (secondary N) is 3. The smallest absolute Gasteiger partial charge is 0.162 e. The number of ether oxygens (including phenoxy) is 5. The summed E-state index contributed by atoms with van der Waals surface area (Å²) in [5.74, 6) is 7.23. The summed E-state index contributed by atoms with van der Waals surface area (Å²) in [6, 6.07) is 32.3. The molecule has 0 radical (unpaired) electrons. The number of aromatic nitrogens is 6. The van der Waals surface area contributed by atoms with Gasteiger partial charge in [-0.05, 0) is 133 Å². The highest BCUT2D eigenvalue weighted by molar-refractivity contribution is 5.71. The zero-order valence-corrected chi connectivity index (χ0v) is 57.6. The molecule has 2 saturated heterocycles. The average Bonchev–Trinajstić information content (AvgIpc) is 1.39. The number of benzene rings is 3. The lowest BCUT2D eigenvalue weighted by atomic mass is 10.1. The molecule has 0 amide bonds. The van der Waals surface area contributed by atoms with Crippen molar-refractivity contribution in [3.8, 4) is 57.5 Å². The van der Waals surface area contributed by atoms with Crippen LogP contribution in [0.15, 0.2) is 104 Å². The largest absolute Gasteiger partial charge is 0.491 e. The van der Waals surface area contributed by atoms with E-state index in [2.05, 4.69) is 64.6 Å². The summed E-state index contributed by atoms with van der Waals surface area (Å²) in [5.41, 5.74) is 7.67. The van der Waals surface area contributed by atoms with E-state index in [0.717, 1.165) is 134 Å². The molecule has 94 heavy (non-hydrogen) atoms. The summed E-state index contributed by atoms with van der Waals surface area (Å²) in [6.07, 6.45) is 10.6. The van der Waals surface area contributed by atoms with E-state index in [4.69, 9.17) is 58.9 Å². The van der Waals surface area contributed by atoms with E-state index in [9.17, 15) is 15.3 Å². The van der Waals surface area contributed by atoms with E-state index in [-0.39, 0.29) is 19.8 Å². The van der Waals surface area contributed by atoms with Crippen molar-refractivity contribution < 1.29 is 39.0 Å². The van der Waals surface area contributed by atoms with Crippen LogP contribution in [-0.2, 0) is 9.47 Å². The summed E-state index contributed by atoms with van der Waals surface area (Å²) in [4.78, 5) is 35.4. The third kappa shape index (κ3) is 24.0. The third-order valence-electron chi connectivity index (χ3n) is 16.0. The molecule has 6 N–H and O–H groups in total. The second-order valence-electron chi connectivity index (χ2n) is 23.4. The number of anilines is 3. The van der Waals surface area contributed by atoms with Gasteiger partial charge in [-0.15, -0.1) is 0 Å². The molecule has 3 aromatic heterocycles. The van der Waals surface area contributed by atoms with Gasteiger partial charge in [-0.3, -0.25) is 0 Å². The van der Waals surface area contributed by atoms with Crippen LogP contribution in [0, 0.1) is 11.3 Å². The van der Waals surface area contributed by atoms with Gasteiger partial charge < -0.3 is 69.7 Å². The predicted octanol–water partition coefficient (Wildman–Crippen LogP) is 10.4. The highest BCUT2D eigenvalue weighted by Gasteiger charge is 2.29. The number of aliphatic hydroxyl groups is 3. The molecule has 3 atom stereocenters. The summed E-state index contributed by atoms with van der Waals surface area (Å²) < 4.78 is 28.3. The van der Waals surface area contributed by atoms with Gasteiger partial charge in [0.1, 0.15) is 72.8 Å². The van der Waals surface area contributed by atoms with E-state index < -0.39 is 18.3 Å². The van der Waals surface area contributed by atoms with Crippen molar-refractivity contribution in [2.45, 2.75) is 135 Å². The fourth-order valence-electron chi connectivity index (χ4n) is 10.6. The van der Waals surface area contributed by atoms with Crippen LogP contribution >= 0.6 is 0 Å². The van der Waals surface area contributed by atoms with Crippen molar-refractivity contribution in [1.82, 2.24) is 45.9 Å². The second-order valence-corrected chi connectivity index (χ2v) is 23.4. The Balaban J connectivity index is 0.000000217. The molecule has 21 nitrogen and oxygen atoms in total. The maximum atomic E-state index is 9.90. The van der Waals surface area contributed by atoms with Gasteiger partial charge in [0.05, 0.1) is 23.9 Å². The highest BCUT2D eigenvalue weighted by atomic mass is 16.5. The van der Waals surface area contributed by atoms with Crippen LogP contribution in [0.2, 0.25) is 0 Å². The van der Waals surface area contributed by atoms with Crippen molar-refractivity contribution in [2.24, 2.45) is 0 Å². The fraction of sp³-hybridized carbons (Fsp3) is 0.521. The summed E-state index contributed by atoms with van der Waals surface area (Å²) in [5, 5.41) is 47.4. The van der Waals surface area contributed by atoms with E-state index >= 15 is 0 Å². The van der Waals surface area contributed by atoms with Crippen LogP contribution in [-0.4, -0.2) is 190 Å². The Labute approximate surface area is 559 Å². The number of nitrogens with zero attached hydrogens (tertiary/aromatic N) is 10. The Morgan fingerprint density at radius 2 is 1.03 bits per heavy atom. The van der Waals surface area contributed by atoms with Crippen LogP contribution in [0.1, 0.15) is 122 Å². The number of hydrogen-bond donors (Lipinski definition) is 6. The molecule has 0 spiro atoms. The predicted molar refractivity (Wildman–Crippen MR) is 378 cm³/mol. The maximum Gasteiger partial charge on any atom is 0.162 e. The third-order valence-corrected chi connectivity index (χ3v) is 16.0. The minimum absolute atomic E-state index is 0.209. The number of allylic oxidation sites excluding steroid dienone is 3. The Hall–Kier alpha value is -7.65. The molecule has 5 heterocycles. The molecular weight excluding hydrogens is 1190 g/mol.